The first-order chi connectivity index (χ1) is 15.8. The summed E-state index contributed by atoms with van der Waals surface area (Å²) in [5.74, 6) is 1.83. The maximum Gasteiger partial charge on any atom is 0.159 e. The van der Waals surface area contributed by atoms with Crippen LogP contribution in [0.4, 0.5) is 0 Å². The lowest BCUT2D eigenvalue weighted by Gasteiger charge is -2.55. The van der Waals surface area contributed by atoms with Gasteiger partial charge >= 0.3 is 0 Å². The summed E-state index contributed by atoms with van der Waals surface area (Å²) in [7, 11) is 0. The largest absolute Gasteiger partial charge is 0.370 e. The van der Waals surface area contributed by atoms with Crippen LogP contribution in [-0.2, 0) is 9.53 Å². The van der Waals surface area contributed by atoms with Crippen molar-refractivity contribution in [3.05, 3.63) is 70.3 Å². The predicted octanol–water partition coefficient (Wildman–Crippen LogP) is 6.50. The zero-order valence-electron chi connectivity index (χ0n) is 19.9. The lowest BCUT2D eigenvalue weighted by molar-refractivity contribution is -0.114. The van der Waals surface area contributed by atoms with E-state index in [0.29, 0.717) is 24.2 Å². The Morgan fingerprint density at radius 2 is 1.88 bits per heavy atom. The van der Waals surface area contributed by atoms with Crippen molar-refractivity contribution >= 4 is 11.6 Å². The van der Waals surface area contributed by atoms with Gasteiger partial charge in [-0.3, -0.25) is 9.59 Å². The second-order valence-corrected chi connectivity index (χ2v) is 11.2. The fraction of sp³-hybridized carbons (Fsp3) is 0.533. The smallest absolute Gasteiger partial charge is 0.159 e. The second-order valence-electron chi connectivity index (χ2n) is 11.2. The van der Waals surface area contributed by atoms with E-state index >= 15 is 0 Å². The molecule has 1 aromatic carbocycles. The number of Topliss-reactive ketones (excluding diaryl/α,β-unsaturated/α-hetero) is 1. The first-order valence-corrected chi connectivity index (χ1v) is 12.7. The monoisotopic (exact) mass is 442 g/mol. The van der Waals surface area contributed by atoms with E-state index in [-0.39, 0.29) is 22.6 Å². The van der Waals surface area contributed by atoms with Gasteiger partial charge in [-0.2, -0.15) is 0 Å². The van der Waals surface area contributed by atoms with Gasteiger partial charge in [0.2, 0.25) is 0 Å². The van der Waals surface area contributed by atoms with E-state index < -0.39 is 0 Å². The van der Waals surface area contributed by atoms with Crippen LogP contribution in [-0.4, -0.2) is 23.8 Å². The first-order valence-electron chi connectivity index (χ1n) is 12.7. The molecule has 1 unspecified atom stereocenters. The molecule has 2 saturated carbocycles. The van der Waals surface area contributed by atoms with Crippen LogP contribution in [0.5, 0.6) is 0 Å². The third kappa shape index (κ3) is 2.91. The second kappa shape index (κ2) is 7.37. The van der Waals surface area contributed by atoms with Crippen LogP contribution in [0.25, 0.3) is 0 Å². The van der Waals surface area contributed by atoms with Crippen LogP contribution in [0.3, 0.4) is 0 Å². The Bertz CT molecular complexity index is 1120. The standard InChI is InChI=1S/C30H34O3/c1-18-13-15-33-30(18)14-12-27-25-10-8-22-16-23(32)9-11-24(22)28(25)26(17-29(27,30)3)21-6-4-20(5-7-21)19(2)31/h4-7,16,25-27H,1,8-15,17H2,2-3H3/t25-,26+,27-,29?,30+/m0/s1. The van der Waals surface area contributed by atoms with Crippen LogP contribution in [0, 0.1) is 17.3 Å². The maximum atomic E-state index is 12.2. The number of ketones is 2. The Labute approximate surface area is 197 Å². The van der Waals surface area contributed by atoms with E-state index in [1.807, 2.05) is 18.2 Å². The molecule has 0 radical (unpaired) electrons. The topological polar surface area (TPSA) is 43.4 Å². The summed E-state index contributed by atoms with van der Waals surface area (Å²) in [4.78, 5) is 24.1. The summed E-state index contributed by atoms with van der Waals surface area (Å²) in [6.07, 6.45) is 9.92. The fourth-order valence-electron chi connectivity index (χ4n) is 8.37. The normalized spacial score (nSPS) is 37.6. The fourth-order valence-corrected chi connectivity index (χ4v) is 8.37. The van der Waals surface area contributed by atoms with Crippen molar-refractivity contribution in [1.82, 2.24) is 0 Å². The van der Waals surface area contributed by atoms with E-state index in [1.54, 1.807) is 12.5 Å². The van der Waals surface area contributed by atoms with Crippen molar-refractivity contribution in [2.75, 3.05) is 6.61 Å². The van der Waals surface area contributed by atoms with Gasteiger partial charge in [0.25, 0.3) is 0 Å². The highest BCUT2D eigenvalue weighted by Crippen LogP contribution is 2.70. The van der Waals surface area contributed by atoms with Crippen LogP contribution in [0.2, 0.25) is 0 Å². The molecule has 33 heavy (non-hydrogen) atoms. The molecule has 5 atom stereocenters. The minimum Gasteiger partial charge on any atom is -0.370 e. The molecule has 1 saturated heterocycles. The first kappa shape index (κ1) is 21.3. The van der Waals surface area contributed by atoms with Gasteiger partial charge in [0, 0.05) is 23.3 Å². The van der Waals surface area contributed by atoms with Crippen LogP contribution in [0.15, 0.2) is 59.2 Å². The zero-order chi connectivity index (χ0) is 23.0. The number of allylic oxidation sites excluding steroid dienone is 4. The van der Waals surface area contributed by atoms with Gasteiger partial charge in [0.05, 0.1) is 12.2 Å². The highest BCUT2D eigenvalue weighted by molar-refractivity contribution is 5.94. The summed E-state index contributed by atoms with van der Waals surface area (Å²) in [5, 5.41) is 0. The number of ether oxygens (including phenoxy) is 1. The molecule has 6 rings (SSSR count). The quantitative estimate of drug-likeness (QED) is 0.388. The Hall–Kier alpha value is -2.26. The number of hydrogen-bond donors (Lipinski definition) is 0. The Morgan fingerprint density at radius 3 is 2.58 bits per heavy atom. The maximum absolute atomic E-state index is 12.2. The third-order valence-electron chi connectivity index (χ3n) is 9.90. The van der Waals surface area contributed by atoms with Gasteiger partial charge in [-0.1, -0.05) is 43.3 Å². The average Bonchev–Trinajstić information content (AvgIpc) is 3.33. The van der Waals surface area contributed by atoms with Crippen molar-refractivity contribution in [2.45, 2.75) is 76.7 Å². The Morgan fingerprint density at radius 1 is 1.09 bits per heavy atom. The van der Waals surface area contributed by atoms with Crippen molar-refractivity contribution in [3.63, 3.8) is 0 Å². The van der Waals surface area contributed by atoms with E-state index in [1.165, 1.54) is 28.7 Å². The lowest BCUT2D eigenvalue weighted by atomic mass is 9.50. The molecule has 1 spiro atoms. The van der Waals surface area contributed by atoms with Gasteiger partial charge in [0.1, 0.15) is 0 Å². The molecular formula is C30H34O3. The SMILES string of the molecule is C=C1CCO[C@]12CC[C@H]1[C@@H]3CCC4=CC(=O)CCC4=C3[C@@H](c3ccc(C(C)=O)cc3)CC12C. The molecule has 4 aliphatic carbocycles. The Balaban J connectivity index is 1.52. The van der Waals surface area contributed by atoms with Gasteiger partial charge in [-0.25, -0.2) is 0 Å². The van der Waals surface area contributed by atoms with Crippen LogP contribution in [0.1, 0.15) is 87.1 Å². The molecule has 1 aliphatic heterocycles. The van der Waals surface area contributed by atoms with Crippen LogP contribution < -0.4 is 0 Å². The zero-order valence-corrected chi connectivity index (χ0v) is 19.9. The molecule has 0 amide bonds. The molecular weight excluding hydrogens is 408 g/mol. The highest BCUT2D eigenvalue weighted by Gasteiger charge is 2.65. The van der Waals surface area contributed by atoms with Crippen molar-refractivity contribution in [3.8, 4) is 0 Å². The van der Waals surface area contributed by atoms with Gasteiger partial charge in [0.15, 0.2) is 11.6 Å². The number of benzene rings is 1. The summed E-state index contributed by atoms with van der Waals surface area (Å²) >= 11 is 0. The summed E-state index contributed by atoms with van der Waals surface area (Å²) in [6.45, 7) is 9.42. The molecule has 0 aromatic heterocycles. The molecule has 3 fully saturated rings. The lowest BCUT2D eigenvalue weighted by Crippen LogP contribution is -2.52. The molecule has 3 nitrogen and oxygen atoms in total. The Kier molecular flexibility index (Phi) is 4.75. The highest BCUT2D eigenvalue weighted by atomic mass is 16.5. The summed E-state index contributed by atoms with van der Waals surface area (Å²) < 4.78 is 6.61. The number of fused-ring (bicyclic) bond motifs is 5. The minimum atomic E-state index is -0.190. The van der Waals surface area contributed by atoms with Crippen LogP contribution >= 0.6 is 0 Å². The third-order valence-corrected chi connectivity index (χ3v) is 9.90. The number of carbonyl (C=O) groups is 2. The molecule has 172 valence electrons. The minimum absolute atomic E-state index is 0.0604. The van der Waals surface area contributed by atoms with Crippen molar-refractivity contribution in [2.24, 2.45) is 17.3 Å². The molecule has 1 heterocycles. The van der Waals surface area contributed by atoms with E-state index in [4.69, 9.17) is 4.74 Å². The number of hydrogen-bond acceptors (Lipinski definition) is 3. The van der Waals surface area contributed by atoms with Crippen molar-refractivity contribution < 1.29 is 14.3 Å². The van der Waals surface area contributed by atoms with Gasteiger partial charge in [-0.05, 0) is 92.1 Å². The summed E-state index contributed by atoms with van der Waals surface area (Å²) in [6, 6.07) is 8.33. The van der Waals surface area contributed by atoms with E-state index in [0.717, 1.165) is 50.7 Å². The average molecular weight is 443 g/mol. The molecule has 0 bridgehead atoms. The summed E-state index contributed by atoms with van der Waals surface area (Å²) in [5.41, 5.74) is 7.60. The molecule has 0 N–H and O–H groups in total. The number of rotatable bonds is 2. The molecule has 1 aromatic rings. The van der Waals surface area contributed by atoms with Gasteiger partial charge < -0.3 is 4.74 Å². The van der Waals surface area contributed by atoms with Gasteiger partial charge in [-0.15, -0.1) is 0 Å². The van der Waals surface area contributed by atoms with Crippen molar-refractivity contribution in [1.29, 1.82) is 0 Å². The van der Waals surface area contributed by atoms with E-state index in [9.17, 15) is 9.59 Å². The van der Waals surface area contributed by atoms with E-state index in [2.05, 4.69) is 25.6 Å². The molecule has 5 aliphatic rings. The predicted molar refractivity (Wildman–Crippen MR) is 129 cm³/mol. The number of carbonyl (C=O) groups excluding carboxylic acids is 2. The molecule has 3 heteroatoms.